The van der Waals surface area contributed by atoms with Crippen LogP contribution in [0, 0.1) is 10.1 Å². The van der Waals surface area contributed by atoms with Gasteiger partial charge < -0.3 is 10.2 Å². The van der Waals surface area contributed by atoms with Crippen molar-refractivity contribution in [2.24, 2.45) is 0 Å². The number of nitrogens with zero attached hydrogens (tertiary/aromatic N) is 3. The summed E-state index contributed by atoms with van der Waals surface area (Å²) in [5.41, 5.74) is 1.62. The summed E-state index contributed by atoms with van der Waals surface area (Å²) in [4.78, 5) is 26.7. The van der Waals surface area contributed by atoms with E-state index in [1.807, 2.05) is 24.3 Å². The van der Waals surface area contributed by atoms with Gasteiger partial charge in [0, 0.05) is 55.6 Å². The quantitative estimate of drug-likeness (QED) is 0.588. The first-order valence-electron chi connectivity index (χ1n) is 8.67. The van der Waals surface area contributed by atoms with Crippen LogP contribution in [0.25, 0.3) is 0 Å². The highest BCUT2D eigenvalue weighted by atomic mass is 35.5. The lowest BCUT2D eigenvalue weighted by molar-refractivity contribution is -0.384. The van der Waals surface area contributed by atoms with Crippen LogP contribution in [-0.4, -0.2) is 49.0 Å². The SMILES string of the molecule is CN(C(=O)CN1CCNCC1c1ccccc1Cl)c1ccc([N+](=O)[O-])cc1.Cl. The van der Waals surface area contributed by atoms with Crippen molar-refractivity contribution in [3.8, 4) is 0 Å². The van der Waals surface area contributed by atoms with E-state index in [0.29, 0.717) is 10.7 Å². The molecule has 1 unspecified atom stereocenters. The summed E-state index contributed by atoms with van der Waals surface area (Å²) in [6.45, 7) is 2.49. The van der Waals surface area contributed by atoms with E-state index in [0.717, 1.165) is 25.2 Å². The Bertz CT molecular complexity index is 832. The number of carbonyl (C=O) groups is 1. The summed E-state index contributed by atoms with van der Waals surface area (Å²) in [7, 11) is 1.68. The molecule has 1 saturated heterocycles. The number of hydrogen-bond acceptors (Lipinski definition) is 5. The van der Waals surface area contributed by atoms with Gasteiger partial charge in [-0.1, -0.05) is 29.8 Å². The normalized spacial score (nSPS) is 16.9. The highest BCUT2D eigenvalue weighted by Gasteiger charge is 2.28. The van der Waals surface area contributed by atoms with Gasteiger partial charge in [0.25, 0.3) is 5.69 Å². The second-order valence-corrected chi connectivity index (χ2v) is 6.85. The van der Waals surface area contributed by atoms with Crippen molar-refractivity contribution in [2.45, 2.75) is 6.04 Å². The minimum absolute atomic E-state index is 0. The van der Waals surface area contributed by atoms with Crippen molar-refractivity contribution in [3.63, 3.8) is 0 Å². The molecule has 1 aliphatic heterocycles. The third-order valence-electron chi connectivity index (χ3n) is 4.78. The highest BCUT2D eigenvalue weighted by molar-refractivity contribution is 6.31. The third kappa shape index (κ3) is 4.99. The molecule has 3 rings (SSSR count). The van der Waals surface area contributed by atoms with Gasteiger partial charge in [-0.05, 0) is 23.8 Å². The van der Waals surface area contributed by atoms with Crippen molar-refractivity contribution in [1.29, 1.82) is 0 Å². The minimum atomic E-state index is -0.458. The fourth-order valence-corrected chi connectivity index (χ4v) is 3.47. The van der Waals surface area contributed by atoms with Crippen LogP contribution in [-0.2, 0) is 4.79 Å². The number of halogens is 2. The Hall–Kier alpha value is -2.19. The fourth-order valence-electron chi connectivity index (χ4n) is 3.21. The first-order chi connectivity index (χ1) is 13.0. The van der Waals surface area contributed by atoms with Crippen LogP contribution in [0.15, 0.2) is 48.5 Å². The summed E-state index contributed by atoms with van der Waals surface area (Å²) in [6.07, 6.45) is 0. The Morgan fingerprint density at radius 3 is 2.61 bits per heavy atom. The zero-order valence-electron chi connectivity index (χ0n) is 15.4. The topological polar surface area (TPSA) is 78.7 Å². The van der Waals surface area contributed by atoms with E-state index in [9.17, 15) is 14.9 Å². The number of amides is 1. The molecule has 0 spiro atoms. The van der Waals surface area contributed by atoms with Gasteiger partial charge in [0.15, 0.2) is 0 Å². The summed E-state index contributed by atoms with van der Waals surface area (Å²) < 4.78 is 0. The van der Waals surface area contributed by atoms with Gasteiger partial charge in [-0.3, -0.25) is 19.8 Å². The number of non-ortho nitro benzene ring substituents is 1. The molecule has 0 bridgehead atoms. The van der Waals surface area contributed by atoms with Crippen LogP contribution < -0.4 is 10.2 Å². The molecule has 1 heterocycles. The van der Waals surface area contributed by atoms with Gasteiger partial charge in [-0.15, -0.1) is 12.4 Å². The summed E-state index contributed by atoms with van der Waals surface area (Å²) in [6, 6.07) is 13.7. The number of nitrogens with one attached hydrogen (secondary N) is 1. The Labute approximate surface area is 174 Å². The molecule has 7 nitrogen and oxygen atoms in total. The van der Waals surface area contributed by atoms with Gasteiger partial charge in [0.2, 0.25) is 5.91 Å². The largest absolute Gasteiger partial charge is 0.314 e. The molecule has 0 saturated carbocycles. The number of benzene rings is 2. The molecule has 2 aromatic rings. The van der Waals surface area contributed by atoms with E-state index in [-0.39, 0.29) is 36.6 Å². The van der Waals surface area contributed by atoms with E-state index >= 15 is 0 Å². The summed E-state index contributed by atoms with van der Waals surface area (Å²) >= 11 is 6.35. The van der Waals surface area contributed by atoms with Gasteiger partial charge >= 0.3 is 0 Å². The standard InChI is InChI=1S/C19H21ClN4O3.ClH/c1-22(14-6-8-15(9-7-14)24(26)27)19(25)13-23-11-10-21-12-18(23)16-4-2-3-5-17(16)20;/h2-9,18,21H,10-13H2,1H3;1H. The van der Waals surface area contributed by atoms with Crippen LogP contribution in [0.2, 0.25) is 5.02 Å². The lowest BCUT2D eigenvalue weighted by Crippen LogP contribution is -2.49. The minimum Gasteiger partial charge on any atom is -0.314 e. The number of piperazine rings is 1. The molecular weight excluding hydrogens is 403 g/mol. The number of anilines is 1. The molecule has 0 radical (unpaired) electrons. The van der Waals surface area contributed by atoms with Gasteiger partial charge in [-0.25, -0.2) is 0 Å². The number of nitro benzene ring substituents is 1. The number of carbonyl (C=O) groups excluding carboxylic acids is 1. The molecule has 9 heteroatoms. The average molecular weight is 425 g/mol. The molecule has 28 heavy (non-hydrogen) atoms. The average Bonchev–Trinajstić information content (AvgIpc) is 2.68. The van der Waals surface area contributed by atoms with Crippen LogP contribution in [0.5, 0.6) is 0 Å². The number of hydrogen-bond donors (Lipinski definition) is 1. The van der Waals surface area contributed by atoms with E-state index in [4.69, 9.17) is 11.6 Å². The van der Waals surface area contributed by atoms with Gasteiger partial charge in [-0.2, -0.15) is 0 Å². The molecule has 1 fully saturated rings. The van der Waals surface area contributed by atoms with Crippen LogP contribution in [0.1, 0.15) is 11.6 Å². The number of rotatable bonds is 5. The van der Waals surface area contributed by atoms with Gasteiger partial charge in [0.1, 0.15) is 0 Å². The van der Waals surface area contributed by atoms with Crippen molar-refractivity contribution >= 4 is 41.3 Å². The first kappa shape index (κ1) is 22.1. The Balaban J connectivity index is 0.00000280. The predicted molar refractivity (Wildman–Crippen MR) is 112 cm³/mol. The van der Waals surface area contributed by atoms with Crippen molar-refractivity contribution in [3.05, 3.63) is 69.2 Å². The zero-order valence-corrected chi connectivity index (χ0v) is 16.9. The Morgan fingerprint density at radius 1 is 1.29 bits per heavy atom. The molecule has 150 valence electrons. The summed E-state index contributed by atoms with van der Waals surface area (Å²) in [5.74, 6) is -0.0807. The van der Waals surface area contributed by atoms with Crippen LogP contribution >= 0.6 is 24.0 Å². The second kappa shape index (κ2) is 9.84. The van der Waals surface area contributed by atoms with E-state index < -0.39 is 4.92 Å². The van der Waals surface area contributed by atoms with Gasteiger partial charge in [0.05, 0.1) is 11.5 Å². The maximum absolute atomic E-state index is 12.8. The second-order valence-electron chi connectivity index (χ2n) is 6.44. The third-order valence-corrected chi connectivity index (χ3v) is 5.12. The zero-order chi connectivity index (χ0) is 19.4. The molecule has 1 N–H and O–H groups in total. The smallest absolute Gasteiger partial charge is 0.269 e. The van der Waals surface area contributed by atoms with Crippen LogP contribution in [0.4, 0.5) is 11.4 Å². The van der Waals surface area contributed by atoms with Crippen molar-refractivity contribution in [1.82, 2.24) is 10.2 Å². The molecule has 1 aliphatic rings. The Kier molecular flexibility index (Phi) is 7.77. The molecule has 0 aliphatic carbocycles. The molecular formula is C19H22Cl2N4O3. The fraction of sp³-hybridized carbons (Fsp3) is 0.316. The summed E-state index contributed by atoms with van der Waals surface area (Å²) in [5, 5.41) is 14.8. The highest BCUT2D eigenvalue weighted by Crippen LogP contribution is 2.28. The molecule has 1 atom stereocenters. The monoisotopic (exact) mass is 424 g/mol. The van der Waals surface area contributed by atoms with E-state index in [1.54, 1.807) is 19.2 Å². The first-order valence-corrected chi connectivity index (χ1v) is 9.05. The number of likely N-dealkylation sites (N-methyl/N-ethyl adjacent to an activating group) is 1. The maximum Gasteiger partial charge on any atom is 0.269 e. The van der Waals surface area contributed by atoms with E-state index in [2.05, 4.69) is 10.2 Å². The molecule has 2 aromatic carbocycles. The Morgan fingerprint density at radius 2 is 1.96 bits per heavy atom. The maximum atomic E-state index is 12.8. The van der Waals surface area contributed by atoms with E-state index in [1.165, 1.54) is 17.0 Å². The number of nitro groups is 1. The molecule has 0 aromatic heterocycles. The predicted octanol–water partition coefficient (Wildman–Crippen LogP) is 3.28. The van der Waals surface area contributed by atoms with Crippen LogP contribution in [0.3, 0.4) is 0 Å². The lowest BCUT2D eigenvalue weighted by Gasteiger charge is -2.37. The van der Waals surface area contributed by atoms with Crippen molar-refractivity contribution in [2.75, 3.05) is 38.1 Å². The lowest BCUT2D eigenvalue weighted by atomic mass is 10.0. The molecule has 1 amide bonds. The van der Waals surface area contributed by atoms with Crippen molar-refractivity contribution < 1.29 is 9.72 Å².